The van der Waals surface area contributed by atoms with Gasteiger partial charge in [-0.25, -0.2) is 9.37 Å². The van der Waals surface area contributed by atoms with Crippen LogP contribution >= 0.6 is 11.3 Å². The van der Waals surface area contributed by atoms with Gasteiger partial charge in [0.05, 0.1) is 17.0 Å². The second kappa shape index (κ2) is 8.20. The predicted octanol–water partition coefficient (Wildman–Crippen LogP) is 4.45. The number of hydrogen-bond donors (Lipinski definition) is 1. The summed E-state index contributed by atoms with van der Waals surface area (Å²) in [4.78, 5) is 21.8. The molecule has 0 aliphatic rings. The molecule has 0 aliphatic carbocycles. The minimum atomic E-state index is -0.297. The number of carbonyl (C=O) groups is 1. The number of hydrogen-bond acceptors (Lipinski definition) is 5. The second-order valence-electron chi connectivity index (χ2n) is 5.98. The minimum absolute atomic E-state index is 0.203. The Morgan fingerprint density at radius 3 is 2.80 bits per heavy atom. The molecule has 2 heterocycles. The first kappa shape index (κ1) is 19.1. The van der Waals surface area contributed by atoms with Crippen LogP contribution in [0.2, 0.25) is 0 Å². The SMILES string of the molecule is CC/C(F)=C\CC(C)N(C=N)C(=O)c1cc2c(N(C)C)ccnc2s1. The molecule has 1 N–H and O–H groups in total. The number of allylic oxidation sites excluding steroid dienone is 1. The third kappa shape index (κ3) is 4.22. The smallest absolute Gasteiger partial charge is 0.269 e. The Balaban J connectivity index is 2.30. The second-order valence-corrected chi connectivity index (χ2v) is 7.02. The van der Waals surface area contributed by atoms with Crippen molar-refractivity contribution in [1.29, 1.82) is 5.41 Å². The lowest BCUT2D eigenvalue weighted by Gasteiger charge is -2.23. The number of thiophene rings is 1. The number of anilines is 1. The van der Waals surface area contributed by atoms with Gasteiger partial charge in [0.15, 0.2) is 0 Å². The lowest BCUT2D eigenvalue weighted by Crippen LogP contribution is -2.36. The van der Waals surface area contributed by atoms with E-state index in [0.717, 1.165) is 22.2 Å². The van der Waals surface area contributed by atoms with Crippen molar-refractivity contribution < 1.29 is 9.18 Å². The Labute approximate surface area is 151 Å². The summed E-state index contributed by atoms with van der Waals surface area (Å²) < 4.78 is 13.3. The number of nitrogens with zero attached hydrogens (tertiary/aromatic N) is 3. The lowest BCUT2D eigenvalue weighted by atomic mass is 10.1. The van der Waals surface area contributed by atoms with E-state index in [0.29, 0.717) is 17.7 Å². The number of fused-ring (bicyclic) bond motifs is 1. The summed E-state index contributed by atoms with van der Waals surface area (Å²) in [7, 11) is 3.88. The molecule has 0 bridgehead atoms. The van der Waals surface area contributed by atoms with Gasteiger partial charge < -0.3 is 4.90 Å². The van der Waals surface area contributed by atoms with E-state index in [4.69, 9.17) is 5.41 Å². The first-order chi connectivity index (χ1) is 11.9. The monoisotopic (exact) mass is 362 g/mol. The summed E-state index contributed by atoms with van der Waals surface area (Å²) in [5.41, 5.74) is 0.989. The number of pyridine rings is 1. The quantitative estimate of drug-likeness (QED) is 0.584. The van der Waals surface area contributed by atoms with E-state index >= 15 is 0 Å². The number of aromatic nitrogens is 1. The molecule has 0 aliphatic heterocycles. The molecule has 7 heteroatoms. The number of rotatable bonds is 7. The van der Waals surface area contributed by atoms with Crippen LogP contribution in [0.5, 0.6) is 0 Å². The van der Waals surface area contributed by atoms with Crippen LogP contribution in [0.1, 0.15) is 36.4 Å². The largest absolute Gasteiger partial charge is 0.377 e. The summed E-state index contributed by atoms with van der Waals surface area (Å²) in [5.74, 6) is -0.466. The highest BCUT2D eigenvalue weighted by molar-refractivity contribution is 7.20. The Morgan fingerprint density at radius 1 is 1.48 bits per heavy atom. The van der Waals surface area contributed by atoms with Crippen molar-refractivity contribution >= 4 is 39.5 Å². The van der Waals surface area contributed by atoms with Crippen LogP contribution < -0.4 is 4.90 Å². The van der Waals surface area contributed by atoms with Gasteiger partial charge in [0.1, 0.15) is 4.83 Å². The van der Waals surface area contributed by atoms with E-state index in [9.17, 15) is 9.18 Å². The molecule has 2 rings (SSSR count). The maximum Gasteiger partial charge on any atom is 0.269 e. The molecule has 0 fully saturated rings. The van der Waals surface area contributed by atoms with Crippen LogP contribution in [0.25, 0.3) is 10.2 Å². The van der Waals surface area contributed by atoms with Crippen LogP contribution in [0.4, 0.5) is 10.1 Å². The van der Waals surface area contributed by atoms with Crippen LogP contribution in [0.3, 0.4) is 0 Å². The molecule has 25 heavy (non-hydrogen) atoms. The number of carbonyl (C=O) groups excluding carboxylic acids is 1. The molecule has 5 nitrogen and oxygen atoms in total. The number of amides is 1. The molecule has 1 atom stereocenters. The third-order valence-corrected chi connectivity index (χ3v) is 5.00. The standard InChI is InChI=1S/C18H23FN4OS/c1-5-13(19)7-6-12(2)23(11-20)18(24)16-10-14-15(22(3)4)8-9-21-17(14)25-16/h7-12,20H,5-6H2,1-4H3/b13-7+,20-11?. The van der Waals surface area contributed by atoms with Gasteiger partial charge in [0.25, 0.3) is 5.91 Å². The summed E-state index contributed by atoms with van der Waals surface area (Å²) in [6.45, 7) is 3.54. The zero-order valence-corrected chi connectivity index (χ0v) is 15.7. The summed E-state index contributed by atoms with van der Waals surface area (Å²) in [5, 5.41) is 8.50. The van der Waals surface area contributed by atoms with Crippen molar-refractivity contribution in [2.45, 2.75) is 32.7 Å². The molecule has 0 saturated heterocycles. The number of halogens is 1. The Bertz CT molecular complexity index is 799. The first-order valence-corrected chi connectivity index (χ1v) is 8.94. The molecular formula is C18H23FN4OS. The molecule has 1 amide bonds. The third-order valence-electron chi connectivity index (χ3n) is 3.97. The minimum Gasteiger partial charge on any atom is -0.377 e. The Kier molecular flexibility index (Phi) is 6.25. The summed E-state index contributed by atoms with van der Waals surface area (Å²) in [6, 6.07) is 3.42. The molecule has 0 saturated carbocycles. The molecule has 0 aromatic carbocycles. The molecule has 2 aromatic rings. The zero-order valence-electron chi connectivity index (χ0n) is 14.9. The van der Waals surface area contributed by atoms with E-state index < -0.39 is 0 Å². The van der Waals surface area contributed by atoms with Crippen molar-refractivity contribution in [1.82, 2.24) is 9.88 Å². The number of nitrogens with one attached hydrogen (secondary N) is 1. The first-order valence-electron chi connectivity index (χ1n) is 8.12. The van der Waals surface area contributed by atoms with E-state index in [1.807, 2.05) is 31.1 Å². The zero-order chi connectivity index (χ0) is 18.6. The van der Waals surface area contributed by atoms with Crippen LogP contribution in [-0.4, -0.2) is 42.3 Å². The Hall–Kier alpha value is -2.28. The van der Waals surface area contributed by atoms with Crippen LogP contribution in [0, 0.1) is 5.41 Å². The lowest BCUT2D eigenvalue weighted by molar-refractivity contribution is 0.0821. The normalized spacial score (nSPS) is 12.9. The van der Waals surface area contributed by atoms with Crippen molar-refractivity contribution in [3.8, 4) is 0 Å². The van der Waals surface area contributed by atoms with Gasteiger partial charge in [0.2, 0.25) is 0 Å². The molecule has 0 radical (unpaired) electrons. The van der Waals surface area contributed by atoms with E-state index in [-0.39, 0.29) is 17.8 Å². The molecular weight excluding hydrogens is 339 g/mol. The van der Waals surface area contributed by atoms with Crippen molar-refractivity contribution in [2.75, 3.05) is 19.0 Å². The van der Waals surface area contributed by atoms with E-state index in [1.165, 1.54) is 22.3 Å². The summed E-state index contributed by atoms with van der Waals surface area (Å²) >= 11 is 1.31. The van der Waals surface area contributed by atoms with Gasteiger partial charge in [-0.15, -0.1) is 11.3 Å². The average molecular weight is 362 g/mol. The Morgan fingerprint density at radius 2 is 2.20 bits per heavy atom. The fourth-order valence-electron chi connectivity index (χ4n) is 2.49. The van der Waals surface area contributed by atoms with Gasteiger partial charge in [-0.2, -0.15) is 0 Å². The van der Waals surface area contributed by atoms with Crippen molar-refractivity contribution in [3.05, 3.63) is 35.1 Å². The van der Waals surface area contributed by atoms with Crippen molar-refractivity contribution in [2.24, 2.45) is 0 Å². The average Bonchev–Trinajstić information content (AvgIpc) is 3.03. The maximum absolute atomic E-state index is 13.3. The van der Waals surface area contributed by atoms with E-state index in [2.05, 4.69) is 4.98 Å². The van der Waals surface area contributed by atoms with Gasteiger partial charge in [-0.3, -0.25) is 15.1 Å². The molecule has 0 spiro atoms. The molecule has 2 aromatic heterocycles. The highest BCUT2D eigenvalue weighted by atomic mass is 32.1. The molecule has 1 unspecified atom stereocenters. The fourth-order valence-corrected chi connectivity index (χ4v) is 3.46. The maximum atomic E-state index is 13.3. The van der Waals surface area contributed by atoms with Crippen LogP contribution in [-0.2, 0) is 0 Å². The topological polar surface area (TPSA) is 60.3 Å². The summed E-state index contributed by atoms with van der Waals surface area (Å²) in [6.07, 6.45) is 4.91. The molecule has 134 valence electrons. The van der Waals surface area contributed by atoms with Crippen molar-refractivity contribution in [3.63, 3.8) is 0 Å². The van der Waals surface area contributed by atoms with Gasteiger partial charge in [0, 0.05) is 37.4 Å². The van der Waals surface area contributed by atoms with Gasteiger partial charge in [-0.1, -0.05) is 13.0 Å². The van der Waals surface area contributed by atoms with E-state index in [1.54, 1.807) is 20.0 Å². The fraction of sp³-hybridized carbons (Fsp3) is 0.389. The highest BCUT2D eigenvalue weighted by Crippen LogP contribution is 2.31. The highest BCUT2D eigenvalue weighted by Gasteiger charge is 2.22. The predicted molar refractivity (Wildman–Crippen MR) is 102 cm³/mol. The van der Waals surface area contributed by atoms with Gasteiger partial charge in [-0.05, 0) is 31.9 Å². The van der Waals surface area contributed by atoms with Gasteiger partial charge >= 0.3 is 0 Å². The van der Waals surface area contributed by atoms with Crippen LogP contribution in [0.15, 0.2) is 30.2 Å².